The van der Waals surface area contributed by atoms with E-state index < -0.39 is 30.1 Å². The fourth-order valence-corrected chi connectivity index (χ4v) is 3.77. The summed E-state index contributed by atoms with van der Waals surface area (Å²) in [6, 6.07) is 16.6. The highest BCUT2D eigenvalue weighted by Gasteiger charge is 2.45. The summed E-state index contributed by atoms with van der Waals surface area (Å²) >= 11 is 0. The summed E-state index contributed by atoms with van der Waals surface area (Å²) in [5, 5.41) is 9.47. The van der Waals surface area contributed by atoms with Crippen LogP contribution in [0.1, 0.15) is 42.6 Å². The van der Waals surface area contributed by atoms with Crippen LogP contribution in [0, 0.1) is 0 Å². The van der Waals surface area contributed by atoms with Crippen LogP contribution in [0.25, 0.3) is 0 Å². The summed E-state index contributed by atoms with van der Waals surface area (Å²) in [6.07, 6.45) is 3.14. The van der Waals surface area contributed by atoms with Crippen LogP contribution in [0.4, 0.5) is 0 Å². The minimum atomic E-state index is -0.836. The highest BCUT2D eigenvalue weighted by molar-refractivity contribution is 5.89. The first-order chi connectivity index (χ1) is 16.4. The van der Waals surface area contributed by atoms with Crippen LogP contribution in [0.15, 0.2) is 66.7 Å². The van der Waals surface area contributed by atoms with Crippen molar-refractivity contribution in [3.63, 3.8) is 0 Å². The van der Waals surface area contributed by atoms with Gasteiger partial charge in [-0.15, -0.1) is 0 Å². The van der Waals surface area contributed by atoms with Crippen LogP contribution in [-0.4, -0.2) is 55.5 Å². The number of methoxy groups -OCH3 is 1. The van der Waals surface area contributed by atoms with Gasteiger partial charge < -0.3 is 28.8 Å². The molecule has 0 spiro atoms. The van der Waals surface area contributed by atoms with Gasteiger partial charge in [0.2, 0.25) is 0 Å². The van der Waals surface area contributed by atoms with Crippen LogP contribution in [-0.2, 0) is 25.6 Å². The first kappa shape index (κ1) is 25.9. The molecule has 0 bridgehead atoms. The molecule has 34 heavy (non-hydrogen) atoms. The Hall–Kier alpha value is -2.71. The number of carbonyl (C=O) groups excluding carboxylic acids is 1. The zero-order valence-corrected chi connectivity index (χ0v) is 20.0. The Kier molecular flexibility index (Phi) is 9.65. The van der Waals surface area contributed by atoms with Crippen molar-refractivity contribution in [2.75, 3.05) is 20.3 Å². The van der Waals surface area contributed by atoms with E-state index in [0.717, 1.165) is 11.3 Å². The van der Waals surface area contributed by atoms with Gasteiger partial charge in [-0.3, -0.25) is 0 Å². The molecular weight excluding hydrogens is 436 g/mol. The number of aliphatic hydroxyl groups excluding tert-OH is 1. The van der Waals surface area contributed by atoms with Crippen molar-refractivity contribution in [1.82, 2.24) is 0 Å². The van der Waals surface area contributed by atoms with Crippen LogP contribution in [0.2, 0.25) is 0 Å². The van der Waals surface area contributed by atoms with Gasteiger partial charge in [-0.1, -0.05) is 36.4 Å². The molecule has 0 aliphatic carbocycles. The highest BCUT2D eigenvalue weighted by atomic mass is 16.8. The Morgan fingerprint density at radius 3 is 2.53 bits per heavy atom. The lowest BCUT2D eigenvalue weighted by atomic mass is 10.0. The van der Waals surface area contributed by atoms with Crippen molar-refractivity contribution in [2.24, 2.45) is 0 Å². The average molecular weight is 471 g/mol. The number of esters is 1. The van der Waals surface area contributed by atoms with E-state index in [9.17, 15) is 9.90 Å². The maximum atomic E-state index is 12.7. The molecule has 7 heteroatoms. The van der Waals surface area contributed by atoms with E-state index in [2.05, 4.69) is 0 Å². The van der Waals surface area contributed by atoms with Gasteiger partial charge in [0.25, 0.3) is 0 Å². The molecule has 2 unspecified atom stereocenters. The van der Waals surface area contributed by atoms with Crippen molar-refractivity contribution in [3.05, 3.63) is 77.9 Å². The number of carbonyl (C=O) groups is 1. The third-order valence-corrected chi connectivity index (χ3v) is 5.39. The number of benzene rings is 2. The second kappa shape index (κ2) is 12.7. The lowest BCUT2D eigenvalue weighted by molar-refractivity contribution is -0.153. The minimum absolute atomic E-state index is 0.0527. The maximum Gasteiger partial charge on any atom is 0.338 e. The molecule has 0 radical (unpaired) electrons. The second-order valence-electron chi connectivity index (χ2n) is 8.50. The predicted molar refractivity (Wildman–Crippen MR) is 128 cm³/mol. The van der Waals surface area contributed by atoms with Crippen molar-refractivity contribution in [2.45, 2.75) is 57.4 Å². The second-order valence-corrected chi connectivity index (χ2v) is 8.50. The van der Waals surface area contributed by atoms with Gasteiger partial charge in [0, 0.05) is 6.61 Å². The summed E-state index contributed by atoms with van der Waals surface area (Å²) in [7, 11) is 1.64. The molecule has 184 valence electrons. The largest absolute Gasteiger partial charge is 0.497 e. The van der Waals surface area contributed by atoms with E-state index in [4.69, 9.17) is 23.7 Å². The lowest BCUT2D eigenvalue weighted by Crippen LogP contribution is -2.38. The molecule has 0 amide bonds. The van der Waals surface area contributed by atoms with Crippen molar-refractivity contribution < 1.29 is 33.6 Å². The zero-order chi connectivity index (χ0) is 24.4. The van der Waals surface area contributed by atoms with E-state index in [1.807, 2.05) is 56.3 Å². The molecule has 1 aliphatic rings. The lowest BCUT2D eigenvalue weighted by Gasteiger charge is -2.24. The topological polar surface area (TPSA) is 83.5 Å². The Bertz CT molecular complexity index is 908. The summed E-state index contributed by atoms with van der Waals surface area (Å²) in [5.74, 6) is -0.470. The standard InChI is InChI=1S/C27H34O7/c1-27(2)33-24(16-17-28)25(34-27)23(32-26(29)21-9-5-4-6-10-21)11-7-8-18-31-19-20-12-14-22(30-3)15-13-20/h4-7,9-15,23-25,28H,8,16-19H2,1-3H3/b11-7-/t23?,24-,25?/m0/s1. The molecular formula is C27H34O7. The Morgan fingerprint density at radius 2 is 1.85 bits per heavy atom. The molecule has 7 nitrogen and oxygen atoms in total. The average Bonchev–Trinajstić information content (AvgIpc) is 3.15. The summed E-state index contributed by atoms with van der Waals surface area (Å²) in [6.45, 7) is 4.57. The molecule has 0 saturated carbocycles. The molecule has 2 aromatic carbocycles. The van der Waals surface area contributed by atoms with Gasteiger partial charge >= 0.3 is 5.97 Å². The Balaban J connectivity index is 1.60. The van der Waals surface area contributed by atoms with E-state index in [-0.39, 0.29) is 6.61 Å². The number of hydrogen-bond donors (Lipinski definition) is 1. The number of rotatable bonds is 12. The zero-order valence-electron chi connectivity index (χ0n) is 20.0. The van der Waals surface area contributed by atoms with Crippen molar-refractivity contribution in [1.29, 1.82) is 0 Å². The van der Waals surface area contributed by atoms with Gasteiger partial charge in [-0.05, 0) is 62.6 Å². The minimum Gasteiger partial charge on any atom is -0.497 e. The molecule has 3 atom stereocenters. The summed E-state index contributed by atoms with van der Waals surface area (Å²) in [5.41, 5.74) is 1.52. The van der Waals surface area contributed by atoms with Gasteiger partial charge in [0.05, 0.1) is 32.0 Å². The quantitative estimate of drug-likeness (QED) is 0.282. The van der Waals surface area contributed by atoms with Crippen molar-refractivity contribution in [3.8, 4) is 5.75 Å². The van der Waals surface area contributed by atoms with E-state index in [1.165, 1.54) is 0 Å². The van der Waals surface area contributed by atoms with Crippen molar-refractivity contribution >= 4 is 5.97 Å². The van der Waals surface area contributed by atoms with E-state index >= 15 is 0 Å². The fraction of sp³-hybridized carbons (Fsp3) is 0.444. The van der Waals surface area contributed by atoms with Crippen LogP contribution < -0.4 is 4.74 Å². The molecule has 1 saturated heterocycles. The number of aliphatic hydroxyl groups is 1. The SMILES string of the molecule is COc1ccc(COCC/C=C\C(OC(=O)c2ccccc2)C2OC(C)(C)O[C@H]2CCO)cc1. The Morgan fingerprint density at radius 1 is 1.12 bits per heavy atom. The van der Waals surface area contributed by atoms with Gasteiger partial charge in [-0.25, -0.2) is 4.79 Å². The smallest absolute Gasteiger partial charge is 0.338 e. The third kappa shape index (κ3) is 7.67. The normalized spacial score (nSPS) is 20.4. The molecule has 1 heterocycles. The molecule has 2 aromatic rings. The summed E-state index contributed by atoms with van der Waals surface area (Å²) in [4.78, 5) is 12.7. The molecule has 1 aliphatic heterocycles. The predicted octanol–water partition coefficient (Wildman–Crippen LogP) is 4.29. The number of ether oxygens (including phenoxy) is 5. The molecule has 1 N–H and O–H groups in total. The maximum absolute atomic E-state index is 12.7. The highest BCUT2D eigenvalue weighted by Crippen LogP contribution is 2.33. The van der Waals surface area contributed by atoms with Crippen LogP contribution in [0.5, 0.6) is 5.75 Å². The third-order valence-electron chi connectivity index (χ3n) is 5.39. The Labute approximate surface area is 201 Å². The summed E-state index contributed by atoms with van der Waals surface area (Å²) < 4.78 is 28.7. The van der Waals surface area contributed by atoms with Crippen LogP contribution >= 0.6 is 0 Å². The molecule has 1 fully saturated rings. The molecule has 3 rings (SSSR count). The number of hydrogen-bond acceptors (Lipinski definition) is 7. The van der Waals surface area contributed by atoms with Crippen LogP contribution in [0.3, 0.4) is 0 Å². The first-order valence-corrected chi connectivity index (χ1v) is 11.5. The van der Waals surface area contributed by atoms with Gasteiger partial charge in [-0.2, -0.15) is 0 Å². The monoisotopic (exact) mass is 470 g/mol. The fourth-order valence-electron chi connectivity index (χ4n) is 3.77. The van der Waals surface area contributed by atoms with E-state index in [0.29, 0.717) is 31.6 Å². The van der Waals surface area contributed by atoms with Gasteiger partial charge in [0.15, 0.2) is 5.79 Å². The van der Waals surface area contributed by atoms with E-state index in [1.54, 1.807) is 31.4 Å². The first-order valence-electron chi connectivity index (χ1n) is 11.5. The molecule has 0 aromatic heterocycles. The van der Waals surface area contributed by atoms with Gasteiger partial charge in [0.1, 0.15) is 18.0 Å².